The number of rotatable bonds is 8. The molecule has 0 bridgehead atoms. The third-order valence-electron chi connectivity index (χ3n) is 4.24. The Bertz CT molecular complexity index is 648. The molecule has 1 aromatic rings. The molecular formula is C18H25NO3S. The van der Waals surface area contributed by atoms with Crippen LogP contribution in [0.15, 0.2) is 42.5 Å². The molecule has 1 saturated carbocycles. The second-order valence-electron chi connectivity index (χ2n) is 6.21. The van der Waals surface area contributed by atoms with Crippen LogP contribution in [0.3, 0.4) is 0 Å². The maximum absolute atomic E-state index is 12.6. The van der Waals surface area contributed by atoms with E-state index in [2.05, 4.69) is 0 Å². The first-order valence-electron chi connectivity index (χ1n) is 8.08. The summed E-state index contributed by atoms with van der Waals surface area (Å²) in [4.78, 5) is 14.4. The van der Waals surface area contributed by atoms with Gasteiger partial charge in [-0.25, -0.2) is 8.42 Å². The second kappa shape index (κ2) is 7.77. The molecule has 23 heavy (non-hydrogen) atoms. The predicted octanol–water partition coefficient (Wildman–Crippen LogP) is 2.80. The standard InChI is InChI=1S/C18H25NO3S/c1-3-4-12-23(21,22)14-18(20)19(15(2)17-10-11-17)13-16-8-6-5-7-9-16/h3-9,15,17H,10-14H2,1-2H3/b4-3+. The Morgan fingerprint density at radius 1 is 1.30 bits per heavy atom. The lowest BCUT2D eigenvalue weighted by atomic mass is 10.1. The van der Waals surface area contributed by atoms with Crippen molar-refractivity contribution in [3.8, 4) is 0 Å². The van der Waals surface area contributed by atoms with Gasteiger partial charge in [0, 0.05) is 12.6 Å². The van der Waals surface area contributed by atoms with E-state index in [1.165, 1.54) is 0 Å². The van der Waals surface area contributed by atoms with E-state index in [1.54, 1.807) is 24.0 Å². The number of benzene rings is 1. The first-order valence-corrected chi connectivity index (χ1v) is 9.90. The summed E-state index contributed by atoms with van der Waals surface area (Å²) in [5, 5.41) is 0. The second-order valence-corrected chi connectivity index (χ2v) is 8.32. The zero-order chi connectivity index (χ0) is 16.9. The predicted molar refractivity (Wildman–Crippen MR) is 92.6 cm³/mol. The summed E-state index contributed by atoms with van der Waals surface area (Å²) in [7, 11) is -3.40. The van der Waals surface area contributed by atoms with E-state index < -0.39 is 15.6 Å². The van der Waals surface area contributed by atoms with E-state index in [1.807, 2.05) is 37.3 Å². The molecule has 1 aliphatic carbocycles. The lowest BCUT2D eigenvalue weighted by Crippen LogP contribution is -2.42. The van der Waals surface area contributed by atoms with E-state index in [4.69, 9.17) is 0 Å². The molecule has 0 aromatic heterocycles. The van der Waals surface area contributed by atoms with Crippen molar-refractivity contribution in [2.75, 3.05) is 11.5 Å². The van der Waals surface area contributed by atoms with Crippen molar-refractivity contribution in [3.05, 3.63) is 48.0 Å². The third kappa shape index (κ3) is 5.50. The lowest BCUT2D eigenvalue weighted by Gasteiger charge is -2.29. The Kier molecular flexibility index (Phi) is 5.99. The molecule has 5 heteroatoms. The molecule has 4 nitrogen and oxygen atoms in total. The van der Waals surface area contributed by atoms with Crippen LogP contribution in [0.4, 0.5) is 0 Å². The van der Waals surface area contributed by atoms with Gasteiger partial charge in [-0.3, -0.25) is 4.79 Å². The summed E-state index contributed by atoms with van der Waals surface area (Å²) < 4.78 is 24.1. The normalized spacial score (nSPS) is 16.4. The van der Waals surface area contributed by atoms with E-state index >= 15 is 0 Å². The molecule has 0 N–H and O–H groups in total. The average Bonchev–Trinajstić information content (AvgIpc) is 3.35. The lowest BCUT2D eigenvalue weighted by molar-refractivity contribution is -0.131. The largest absolute Gasteiger partial charge is 0.335 e. The Hall–Kier alpha value is -1.62. The van der Waals surface area contributed by atoms with Crippen molar-refractivity contribution in [2.45, 2.75) is 39.3 Å². The van der Waals surface area contributed by atoms with Crippen LogP contribution in [0.5, 0.6) is 0 Å². The summed E-state index contributed by atoms with van der Waals surface area (Å²) in [6.45, 7) is 4.27. The first kappa shape index (κ1) is 17.7. The number of hydrogen-bond acceptors (Lipinski definition) is 3. The van der Waals surface area contributed by atoms with E-state index in [0.717, 1.165) is 18.4 Å². The number of sulfone groups is 1. The highest BCUT2D eigenvalue weighted by atomic mass is 32.2. The van der Waals surface area contributed by atoms with Gasteiger partial charge < -0.3 is 4.90 Å². The summed E-state index contributed by atoms with van der Waals surface area (Å²) in [5.74, 6) is -0.286. The summed E-state index contributed by atoms with van der Waals surface area (Å²) in [6.07, 6.45) is 5.50. The average molecular weight is 335 g/mol. The van der Waals surface area contributed by atoms with Crippen LogP contribution in [0, 0.1) is 5.92 Å². The molecule has 1 fully saturated rings. The van der Waals surface area contributed by atoms with Crippen LogP contribution < -0.4 is 0 Å². The molecule has 0 radical (unpaired) electrons. The van der Waals surface area contributed by atoms with Gasteiger partial charge in [0.2, 0.25) is 5.91 Å². The Morgan fingerprint density at radius 2 is 1.96 bits per heavy atom. The minimum atomic E-state index is -3.40. The van der Waals surface area contributed by atoms with Crippen molar-refractivity contribution in [1.82, 2.24) is 4.90 Å². The van der Waals surface area contributed by atoms with Gasteiger partial charge >= 0.3 is 0 Å². The maximum atomic E-state index is 12.6. The molecule has 2 rings (SSSR count). The molecule has 126 valence electrons. The highest BCUT2D eigenvalue weighted by Crippen LogP contribution is 2.35. The molecule has 0 heterocycles. The summed E-state index contributed by atoms with van der Waals surface area (Å²) in [5.41, 5.74) is 1.03. The Balaban J connectivity index is 2.11. The zero-order valence-electron chi connectivity index (χ0n) is 13.8. The number of carbonyl (C=O) groups is 1. The highest BCUT2D eigenvalue weighted by Gasteiger charge is 2.35. The molecule has 1 aromatic carbocycles. The zero-order valence-corrected chi connectivity index (χ0v) is 14.6. The molecule has 0 spiro atoms. The van der Waals surface area contributed by atoms with Crippen LogP contribution in [0.25, 0.3) is 0 Å². The molecule has 1 unspecified atom stereocenters. The molecule has 1 aliphatic rings. The van der Waals surface area contributed by atoms with Gasteiger partial charge in [0.15, 0.2) is 9.84 Å². The van der Waals surface area contributed by atoms with Crippen molar-refractivity contribution >= 4 is 15.7 Å². The molecule has 0 aliphatic heterocycles. The monoisotopic (exact) mass is 335 g/mol. The van der Waals surface area contributed by atoms with Gasteiger partial charge in [0.05, 0.1) is 5.75 Å². The van der Waals surface area contributed by atoms with E-state index in [-0.39, 0.29) is 17.7 Å². The fourth-order valence-electron chi connectivity index (χ4n) is 2.65. The van der Waals surface area contributed by atoms with Crippen LogP contribution in [-0.4, -0.2) is 36.8 Å². The third-order valence-corrected chi connectivity index (χ3v) is 5.63. The quantitative estimate of drug-likeness (QED) is 0.687. The van der Waals surface area contributed by atoms with Gasteiger partial charge in [-0.05, 0) is 38.2 Å². The molecular weight excluding hydrogens is 310 g/mol. The molecule has 0 saturated heterocycles. The van der Waals surface area contributed by atoms with Gasteiger partial charge in [-0.1, -0.05) is 42.5 Å². The number of hydrogen-bond donors (Lipinski definition) is 0. The maximum Gasteiger partial charge on any atom is 0.238 e. The minimum Gasteiger partial charge on any atom is -0.335 e. The van der Waals surface area contributed by atoms with E-state index in [9.17, 15) is 13.2 Å². The van der Waals surface area contributed by atoms with Crippen LogP contribution >= 0.6 is 0 Å². The molecule has 1 atom stereocenters. The highest BCUT2D eigenvalue weighted by molar-refractivity contribution is 7.92. The first-order chi connectivity index (χ1) is 10.9. The topological polar surface area (TPSA) is 54.5 Å². The van der Waals surface area contributed by atoms with Gasteiger partial charge in [0.25, 0.3) is 0 Å². The fraction of sp³-hybridized carbons (Fsp3) is 0.500. The van der Waals surface area contributed by atoms with Crippen molar-refractivity contribution in [1.29, 1.82) is 0 Å². The fourth-order valence-corrected chi connectivity index (χ4v) is 3.79. The van der Waals surface area contributed by atoms with Gasteiger partial charge in [-0.2, -0.15) is 0 Å². The summed E-state index contributed by atoms with van der Waals surface area (Å²) in [6, 6.07) is 9.81. The SMILES string of the molecule is C/C=C/CS(=O)(=O)CC(=O)N(Cc1ccccc1)C(C)C1CC1. The number of allylic oxidation sites excluding steroid dienone is 1. The van der Waals surface area contributed by atoms with Crippen LogP contribution in [-0.2, 0) is 21.2 Å². The van der Waals surface area contributed by atoms with Crippen LogP contribution in [0.2, 0.25) is 0 Å². The van der Waals surface area contributed by atoms with Gasteiger partial charge in [-0.15, -0.1) is 0 Å². The van der Waals surface area contributed by atoms with Crippen molar-refractivity contribution < 1.29 is 13.2 Å². The minimum absolute atomic E-state index is 0.0772. The van der Waals surface area contributed by atoms with Crippen LogP contribution in [0.1, 0.15) is 32.3 Å². The number of carbonyl (C=O) groups excluding carboxylic acids is 1. The Morgan fingerprint density at radius 3 is 2.52 bits per heavy atom. The smallest absolute Gasteiger partial charge is 0.238 e. The number of amides is 1. The van der Waals surface area contributed by atoms with Crippen molar-refractivity contribution in [2.24, 2.45) is 5.92 Å². The molecule has 1 amide bonds. The number of nitrogens with zero attached hydrogens (tertiary/aromatic N) is 1. The van der Waals surface area contributed by atoms with Crippen molar-refractivity contribution in [3.63, 3.8) is 0 Å². The van der Waals surface area contributed by atoms with Gasteiger partial charge in [0.1, 0.15) is 5.75 Å². The Labute approximate surface area is 139 Å². The summed E-state index contributed by atoms with van der Waals surface area (Å²) >= 11 is 0. The van der Waals surface area contributed by atoms with E-state index in [0.29, 0.717) is 12.5 Å².